The summed E-state index contributed by atoms with van der Waals surface area (Å²) >= 11 is 0. The number of nitrogens with two attached hydrogens (primary N) is 1. The van der Waals surface area contributed by atoms with Crippen molar-refractivity contribution in [2.75, 3.05) is 6.54 Å². The minimum atomic E-state index is 0.213. The van der Waals surface area contributed by atoms with Crippen LogP contribution in [0.15, 0.2) is 24.3 Å². The van der Waals surface area contributed by atoms with Crippen LogP contribution in [0.25, 0.3) is 0 Å². The predicted molar refractivity (Wildman–Crippen MR) is 96.4 cm³/mol. The zero-order valence-corrected chi connectivity index (χ0v) is 14.8. The largest absolute Gasteiger partial charge is 0.335 e. The van der Waals surface area contributed by atoms with Crippen LogP contribution in [0.1, 0.15) is 62.1 Å². The first kappa shape index (κ1) is 16.1. The molecule has 3 unspecified atom stereocenters. The molecular weight excluding hydrogens is 296 g/mol. The Bertz CT molecular complexity index is 600. The van der Waals surface area contributed by atoms with Gasteiger partial charge in [0.1, 0.15) is 0 Å². The van der Waals surface area contributed by atoms with Crippen LogP contribution in [0.2, 0.25) is 0 Å². The van der Waals surface area contributed by atoms with Gasteiger partial charge in [0.2, 0.25) is 5.91 Å². The summed E-state index contributed by atoms with van der Waals surface area (Å²) in [6.45, 7) is 3.06. The van der Waals surface area contributed by atoms with Gasteiger partial charge in [-0.1, -0.05) is 36.2 Å². The van der Waals surface area contributed by atoms with E-state index in [1.165, 1.54) is 30.4 Å². The summed E-state index contributed by atoms with van der Waals surface area (Å²) in [6.07, 6.45) is 8.03. The fraction of sp³-hybridized carbons (Fsp3) is 0.667. The summed E-state index contributed by atoms with van der Waals surface area (Å²) in [5.74, 6) is 1.77. The van der Waals surface area contributed by atoms with Crippen molar-refractivity contribution in [2.45, 2.75) is 64.0 Å². The molecule has 1 saturated heterocycles. The molecule has 4 rings (SSSR count). The third-order valence-corrected chi connectivity index (χ3v) is 6.73. The molecule has 2 saturated carbocycles. The van der Waals surface area contributed by atoms with Crippen LogP contribution in [-0.4, -0.2) is 23.4 Å². The Morgan fingerprint density at radius 1 is 1.12 bits per heavy atom. The van der Waals surface area contributed by atoms with Crippen molar-refractivity contribution in [3.05, 3.63) is 35.4 Å². The molecule has 2 aliphatic carbocycles. The second kappa shape index (κ2) is 6.51. The van der Waals surface area contributed by atoms with Gasteiger partial charge in [0.25, 0.3) is 0 Å². The minimum Gasteiger partial charge on any atom is -0.335 e. The van der Waals surface area contributed by atoms with Gasteiger partial charge in [-0.15, -0.1) is 0 Å². The Kier molecular flexibility index (Phi) is 4.38. The Hall–Kier alpha value is -1.35. The maximum absolute atomic E-state index is 13.3. The van der Waals surface area contributed by atoms with Gasteiger partial charge in [-0.2, -0.15) is 0 Å². The van der Waals surface area contributed by atoms with Gasteiger partial charge in [0.15, 0.2) is 0 Å². The first-order valence-corrected chi connectivity index (χ1v) is 9.76. The van der Waals surface area contributed by atoms with Crippen LogP contribution in [0.4, 0.5) is 0 Å². The van der Waals surface area contributed by atoms with Crippen LogP contribution in [0.5, 0.6) is 0 Å². The normalized spacial score (nSPS) is 35.9. The molecule has 1 amide bonds. The fourth-order valence-corrected chi connectivity index (χ4v) is 5.48. The zero-order chi connectivity index (χ0) is 16.7. The standard InChI is InChI=1S/C21H30N2O/c1-14-5-2-6-15(11-14)19-9-4-10-23(19)21(24)18-12-16-7-3-8-17(13-18)20(16)22/h2,5-6,11,16-20H,3-4,7-10,12-13,22H2,1H3. The average molecular weight is 326 g/mol. The van der Waals surface area contributed by atoms with Crippen molar-refractivity contribution in [3.63, 3.8) is 0 Å². The second-order valence-electron chi connectivity index (χ2n) is 8.30. The Morgan fingerprint density at radius 2 is 1.88 bits per heavy atom. The molecule has 1 heterocycles. The van der Waals surface area contributed by atoms with Crippen LogP contribution in [0, 0.1) is 24.7 Å². The molecule has 3 heteroatoms. The molecular formula is C21H30N2O. The molecule has 3 atom stereocenters. The number of fused-ring (bicyclic) bond motifs is 2. The number of hydrogen-bond donors (Lipinski definition) is 1. The van der Waals surface area contributed by atoms with E-state index in [0.29, 0.717) is 23.8 Å². The highest BCUT2D eigenvalue weighted by Gasteiger charge is 2.43. The van der Waals surface area contributed by atoms with E-state index < -0.39 is 0 Å². The molecule has 3 nitrogen and oxygen atoms in total. The lowest BCUT2D eigenvalue weighted by Crippen LogP contribution is -2.49. The summed E-state index contributed by atoms with van der Waals surface area (Å²) < 4.78 is 0. The Morgan fingerprint density at radius 3 is 2.58 bits per heavy atom. The molecule has 0 spiro atoms. The van der Waals surface area contributed by atoms with Gasteiger partial charge < -0.3 is 10.6 Å². The monoisotopic (exact) mass is 326 g/mol. The van der Waals surface area contributed by atoms with Crippen molar-refractivity contribution in [1.29, 1.82) is 0 Å². The van der Waals surface area contributed by atoms with Gasteiger partial charge in [-0.25, -0.2) is 0 Å². The Balaban J connectivity index is 1.51. The maximum Gasteiger partial charge on any atom is 0.226 e. The summed E-state index contributed by atoms with van der Waals surface area (Å²) in [4.78, 5) is 15.5. The predicted octanol–water partition coefficient (Wildman–Crippen LogP) is 3.81. The van der Waals surface area contributed by atoms with Crippen molar-refractivity contribution < 1.29 is 4.79 Å². The highest BCUT2D eigenvalue weighted by molar-refractivity contribution is 5.80. The molecule has 24 heavy (non-hydrogen) atoms. The molecule has 1 aromatic carbocycles. The van der Waals surface area contributed by atoms with Crippen molar-refractivity contribution in [2.24, 2.45) is 23.5 Å². The zero-order valence-electron chi connectivity index (χ0n) is 14.8. The molecule has 3 aliphatic rings. The lowest BCUT2D eigenvalue weighted by atomic mass is 9.65. The lowest BCUT2D eigenvalue weighted by molar-refractivity contribution is -0.139. The van der Waals surface area contributed by atoms with Crippen LogP contribution < -0.4 is 5.73 Å². The van der Waals surface area contributed by atoms with E-state index in [1.807, 2.05) is 0 Å². The van der Waals surface area contributed by atoms with Crippen molar-refractivity contribution in [1.82, 2.24) is 4.90 Å². The van der Waals surface area contributed by atoms with Crippen molar-refractivity contribution >= 4 is 5.91 Å². The lowest BCUT2D eigenvalue weighted by Gasteiger charge is -2.44. The number of carbonyl (C=O) groups excluding carboxylic acids is 1. The van der Waals surface area contributed by atoms with E-state index in [2.05, 4.69) is 36.1 Å². The number of rotatable bonds is 2. The van der Waals surface area contributed by atoms with Crippen LogP contribution >= 0.6 is 0 Å². The number of aryl methyl sites for hydroxylation is 1. The minimum absolute atomic E-state index is 0.213. The molecule has 0 aromatic heterocycles. The first-order valence-electron chi connectivity index (χ1n) is 9.76. The van der Waals surface area contributed by atoms with E-state index in [1.54, 1.807) is 0 Å². The van der Waals surface area contributed by atoms with Crippen LogP contribution in [0.3, 0.4) is 0 Å². The summed E-state index contributed by atoms with van der Waals surface area (Å²) in [7, 11) is 0. The topological polar surface area (TPSA) is 46.3 Å². The summed E-state index contributed by atoms with van der Waals surface area (Å²) in [5, 5.41) is 0. The number of likely N-dealkylation sites (tertiary alicyclic amines) is 1. The van der Waals surface area contributed by atoms with Gasteiger partial charge in [0, 0.05) is 18.5 Å². The summed E-state index contributed by atoms with van der Waals surface area (Å²) in [6, 6.07) is 9.32. The van der Waals surface area contributed by atoms with E-state index in [-0.39, 0.29) is 12.0 Å². The summed E-state index contributed by atoms with van der Waals surface area (Å²) in [5.41, 5.74) is 9.01. The number of carbonyl (C=O) groups is 1. The van der Waals surface area contributed by atoms with Crippen LogP contribution in [-0.2, 0) is 4.79 Å². The molecule has 0 radical (unpaired) electrons. The molecule has 130 valence electrons. The van der Waals surface area contributed by atoms with Gasteiger partial charge in [-0.3, -0.25) is 4.79 Å². The second-order valence-corrected chi connectivity index (χ2v) is 8.30. The third kappa shape index (κ3) is 2.88. The van der Waals surface area contributed by atoms with Gasteiger partial charge >= 0.3 is 0 Å². The van der Waals surface area contributed by atoms with Gasteiger partial charge in [-0.05, 0) is 62.8 Å². The first-order chi connectivity index (χ1) is 11.6. The van der Waals surface area contributed by atoms with Crippen molar-refractivity contribution in [3.8, 4) is 0 Å². The quantitative estimate of drug-likeness (QED) is 0.898. The van der Waals surface area contributed by atoms with E-state index >= 15 is 0 Å². The molecule has 1 aliphatic heterocycles. The maximum atomic E-state index is 13.3. The highest BCUT2D eigenvalue weighted by atomic mass is 16.2. The highest BCUT2D eigenvalue weighted by Crippen LogP contribution is 2.44. The third-order valence-electron chi connectivity index (χ3n) is 6.73. The average Bonchev–Trinajstić information content (AvgIpc) is 3.03. The van der Waals surface area contributed by atoms with E-state index in [4.69, 9.17) is 5.73 Å². The number of nitrogens with zero attached hydrogens (tertiary/aromatic N) is 1. The Labute approximate surface area is 145 Å². The van der Waals surface area contributed by atoms with E-state index in [0.717, 1.165) is 32.2 Å². The number of benzene rings is 1. The van der Waals surface area contributed by atoms with E-state index in [9.17, 15) is 4.79 Å². The molecule has 3 fully saturated rings. The smallest absolute Gasteiger partial charge is 0.226 e. The molecule has 2 bridgehead atoms. The molecule has 1 aromatic rings. The van der Waals surface area contributed by atoms with Gasteiger partial charge in [0.05, 0.1) is 6.04 Å². The number of amides is 1. The SMILES string of the molecule is Cc1cccc(C2CCCN2C(=O)C2CC3CCCC(C2)C3N)c1. The molecule has 2 N–H and O–H groups in total. The number of hydrogen-bond acceptors (Lipinski definition) is 2. The fourth-order valence-electron chi connectivity index (χ4n) is 5.48.